The van der Waals surface area contributed by atoms with Crippen LogP contribution in [0.15, 0.2) is 48.5 Å². The number of aliphatic carboxylic acids is 1. The van der Waals surface area contributed by atoms with Crippen LogP contribution in [0.1, 0.15) is 44.2 Å². The number of carbonyl (C=O) groups excluding carboxylic acids is 2. The minimum atomic E-state index is -1.50. The monoisotopic (exact) mass is 412 g/mol. The molecule has 6 heteroatoms. The first-order valence-corrected chi connectivity index (χ1v) is 10.3. The summed E-state index contributed by atoms with van der Waals surface area (Å²) in [6.07, 6.45) is -0.381. The molecule has 1 atom stereocenters. The summed E-state index contributed by atoms with van der Waals surface area (Å²) in [6, 6.07) is 15.8. The zero-order valence-electron chi connectivity index (χ0n) is 16.7. The Morgan fingerprint density at radius 3 is 2.00 bits per heavy atom. The van der Waals surface area contributed by atoms with E-state index in [0.717, 1.165) is 34.0 Å². The van der Waals surface area contributed by atoms with Crippen LogP contribution in [0.25, 0.3) is 11.1 Å². The summed E-state index contributed by atoms with van der Waals surface area (Å²) in [4.78, 5) is 36.2. The molecule has 0 amide bonds. The Kier molecular flexibility index (Phi) is 6.13. The molecule has 0 fully saturated rings. The Bertz CT molecular complexity index is 899. The topological polar surface area (TPSA) is 80.7 Å². The number of rotatable bonds is 6. The molecule has 0 heterocycles. The number of carboxylic acids is 1. The average molecular weight is 413 g/mol. The molecule has 1 N–H and O–H groups in total. The highest BCUT2D eigenvalue weighted by Crippen LogP contribution is 2.44. The fourth-order valence-electron chi connectivity index (χ4n) is 3.53. The number of esters is 1. The van der Waals surface area contributed by atoms with Gasteiger partial charge in [-0.3, -0.25) is 14.4 Å². The number of hydrogen-bond donors (Lipinski definition) is 1. The molecule has 2 aromatic rings. The molecule has 0 spiro atoms. The van der Waals surface area contributed by atoms with E-state index in [1.807, 2.05) is 69.3 Å². The molecule has 0 aromatic heterocycles. The maximum absolute atomic E-state index is 12.5. The van der Waals surface area contributed by atoms with Crippen LogP contribution >= 0.6 is 11.8 Å². The van der Waals surface area contributed by atoms with Crippen molar-refractivity contribution >= 4 is 28.8 Å². The van der Waals surface area contributed by atoms with Crippen LogP contribution in [0.3, 0.4) is 0 Å². The summed E-state index contributed by atoms with van der Waals surface area (Å²) in [5, 5.41) is 9.10. The van der Waals surface area contributed by atoms with E-state index >= 15 is 0 Å². The lowest BCUT2D eigenvalue weighted by atomic mass is 9.98. The zero-order chi connectivity index (χ0) is 21.2. The summed E-state index contributed by atoms with van der Waals surface area (Å²) in [7, 11) is 0. The Morgan fingerprint density at radius 2 is 1.52 bits per heavy atom. The van der Waals surface area contributed by atoms with Crippen molar-refractivity contribution in [2.45, 2.75) is 37.9 Å². The van der Waals surface area contributed by atoms with Gasteiger partial charge in [0.25, 0.3) is 0 Å². The average Bonchev–Trinajstić information content (AvgIpc) is 2.96. The first-order valence-electron chi connectivity index (χ1n) is 9.47. The van der Waals surface area contributed by atoms with Crippen molar-refractivity contribution in [3.05, 3.63) is 59.7 Å². The maximum atomic E-state index is 12.5. The Balaban J connectivity index is 1.72. The summed E-state index contributed by atoms with van der Waals surface area (Å²) < 4.78 is 5.07. The summed E-state index contributed by atoms with van der Waals surface area (Å²) >= 11 is 1.03. The van der Waals surface area contributed by atoms with Gasteiger partial charge in [0, 0.05) is 17.1 Å². The maximum Gasteiger partial charge on any atom is 0.320 e. The van der Waals surface area contributed by atoms with Crippen LogP contribution in [0.5, 0.6) is 0 Å². The van der Waals surface area contributed by atoms with Gasteiger partial charge in [-0.05, 0) is 22.3 Å². The highest BCUT2D eigenvalue weighted by Gasteiger charge is 2.34. The van der Waals surface area contributed by atoms with E-state index in [-0.39, 0.29) is 28.8 Å². The van der Waals surface area contributed by atoms with E-state index in [1.54, 1.807) is 0 Å². The zero-order valence-corrected chi connectivity index (χ0v) is 17.5. The molecule has 3 rings (SSSR count). The molecule has 0 saturated carbocycles. The molecule has 0 bridgehead atoms. The Labute approximate surface area is 174 Å². The van der Waals surface area contributed by atoms with Gasteiger partial charge in [0.15, 0.2) is 11.0 Å². The van der Waals surface area contributed by atoms with Crippen molar-refractivity contribution in [2.24, 2.45) is 5.92 Å². The van der Waals surface area contributed by atoms with Gasteiger partial charge in [0.2, 0.25) is 0 Å². The number of thioether (sulfide) groups is 1. The molecule has 1 aliphatic carbocycles. The van der Waals surface area contributed by atoms with Crippen LogP contribution in [-0.2, 0) is 19.1 Å². The van der Waals surface area contributed by atoms with Crippen molar-refractivity contribution in [3.8, 4) is 11.1 Å². The minimum Gasteiger partial charge on any atom is -0.481 e. The summed E-state index contributed by atoms with van der Waals surface area (Å²) in [6.45, 7) is 5.62. The second-order valence-electron chi connectivity index (χ2n) is 8.04. The van der Waals surface area contributed by atoms with Gasteiger partial charge in [-0.15, -0.1) is 0 Å². The van der Waals surface area contributed by atoms with Gasteiger partial charge in [0.1, 0.15) is 6.61 Å². The predicted octanol–water partition coefficient (Wildman–Crippen LogP) is 4.49. The van der Waals surface area contributed by atoms with E-state index in [0.29, 0.717) is 0 Å². The van der Waals surface area contributed by atoms with Gasteiger partial charge in [0.05, 0.1) is 0 Å². The number of carboxylic acid groups (broad SMARTS) is 1. The third-order valence-corrected chi connectivity index (χ3v) is 5.73. The summed E-state index contributed by atoms with van der Waals surface area (Å²) in [5.74, 6) is -3.86. The van der Waals surface area contributed by atoms with Crippen LogP contribution in [0.2, 0.25) is 0 Å². The van der Waals surface area contributed by atoms with Gasteiger partial charge in [-0.25, -0.2) is 0 Å². The van der Waals surface area contributed by atoms with E-state index in [9.17, 15) is 19.5 Å². The Morgan fingerprint density at radius 1 is 1.00 bits per heavy atom. The van der Waals surface area contributed by atoms with Crippen molar-refractivity contribution in [1.82, 2.24) is 0 Å². The molecule has 1 aliphatic rings. The molecular formula is C23H24O5S. The van der Waals surface area contributed by atoms with Crippen LogP contribution in [-0.4, -0.2) is 33.5 Å². The third-order valence-electron chi connectivity index (χ3n) is 4.73. The smallest absolute Gasteiger partial charge is 0.320 e. The standard InChI is InChI=1S/C23H24O5S/c1-23(2,3)29-20(24)12-18(21(25)26)22(27)28-13-19-16-10-6-4-8-14(16)15-9-5-7-11-17(15)19/h4-11,18-19H,12-13H2,1-3H3,(H,25,26)/t18-/m0/s1. The summed E-state index contributed by atoms with van der Waals surface area (Å²) in [5.41, 5.74) is 4.28. The number of fused-ring (bicyclic) bond motifs is 3. The molecule has 0 radical (unpaired) electrons. The van der Waals surface area contributed by atoms with Crippen molar-refractivity contribution in [2.75, 3.05) is 6.61 Å². The van der Waals surface area contributed by atoms with Crippen molar-refractivity contribution in [1.29, 1.82) is 0 Å². The number of ether oxygens (including phenoxy) is 1. The van der Waals surface area contributed by atoms with E-state index in [4.69, 9.17) is 4.74 Å². The van der Waals surface area contributed by atoms with Crippen molar-refractivity contribution in [3.63, 3.8) is 0 Å². The lowest BCUT2D eigenvalue weighted by Gasteiger charge is -2.19. The van der Waals surface area contributed by atoms with E-state index in [1.165, 1.54) is 0 Å². The van der Waals surface area contributed by atoms with E-state index in [2.05, 4.69) is 0 Å². The molecule has 152 valence electrons. The van der Waals surface area contributed by atoms with Gasteiger partial charge < -0.3 is 9.84 Å². The van der Waals surface area contributed by atoms with Crippen LogP contribution in [0, 0.1) is 5.92 Å². The lowest BCUT2D eigenvalue weighted by molar-refractivity contribution is -0.160. The number of carbonyl (C=O) groups is 3. The van der Waals surface area contributed by atoms with Crippen LogP contribution in [0.4, 0.5) is 0 Å². The first-order chi connectivity index (χ1) is 13.7. The highest BCUT2D eigenvalue weighted by molar-refractivity contribution is 8.14. The molecule has 0 aliphatic heterocycles. The second kappa shape index (κ2) is 8.41. The molecule has 29 heavy (non-hydrogen) atoms. The number of hydrogen-bond acceptors (Lipinski definition) is 5. The normalized spacial score (nSPS) is 14.0. The fourth-order valence-corrected chi connectivity index (χ4v) is 4.46. The predicted molar refractivity (Wildman–Crippen MR) is 113 cm³/mol. The van der Waals surface area contributed by atoms with Gasteiger partial charge in [-0.2, -0.15) is 0 Å². The van der Waals surface area contributed by atoms with E-state index < -0.39 is 17.9 Å². The third kappa shape index (κ3) is 4.88. The molecule has 0 saturated heterocycles. The SMILES string of the molecule is CC(C)(C)SC(=O)C[C@@H](C(=O)O)C(=O)OCC1c2ccccc2-c2ccccc21. The van der Waals surface area contributed by atoms with Gasteiger partial charge >= 0.3 is 11.9 Å². The van der Waals surface area contributed by atoms with Crippen molar-refractivity contribution < 1.29 is 24.2 Å². The minimum absolute atomic E-state index is 0.0389. The Hall–Kier alpha value is -2.60. The molecular weight excluding hydrogens is 388 g/mol. The lowest BCUT2D eigenvalue weighted by Crippen LogP contribution is -2.29. The largest absolute Gasteiger partial charge is 0.481 e. The highest BCUT2D eigenvalue weighted by atomic mass is 32.2. The fraction of sp³-hybridized carbons (Fsp3) is 0.348. The molecule has 0 unspecified atom stereocenters. The quantitative estimate of drug-likeness (QED) is 0.556. The number of benzene rings is 2. The second-order valence-corrected chi connectivity index (χ2v) is 9.92. The van der Waals surface area contributed by atoms with Gasteiger partial charge in [-0.1, -0.05) is 81.1 Å². The molecule has 5 nitrogen and oxygen atoms in total. The molecule has 2 aromatic carbocycles. The van der Waals surface area contributed by atoms with Crippen LogP contribution < -0.4 is 0 Å². The first kappa shape index (κ1) is 21.1.